The molecular weight excluding hydrogens is 316 g/mol. The molecular formula is C17H25BrO2. The zero-order valence-corrected chi connectivity index (χ0v) is 13.9. The molecule has 0 radical (unpaired) electrons. The van der Waals surface area contributed by atoms with Crippen molar-refractivity contribution in [2.45, 2.75) is 64.2 Å². The average Bonchev–Trinajstić information content (AvgIpc) is 2.43. The van der Waals surface area contributed by atoms with Gasteiger partial charge in [-0.1, -0.05) is 86.0 Å². The molecule has 0 bridgehead atoms. The molecule has 1 N–H and O–H groups in total. The highest BCUT2D eigenvalue weighted by molar-refractivity contribution is 9.10. The molecule has 0 amide bonds. The summed E-state index contributed by atoms with van der Waals surface area (Å²) in [6.07, 6.45) is 9.25. The van der Waals surface area contributed by atoms with Crippen LogP contribution in [0.4, 0.5) is 0 Å². The van der Waals surface area contributed by atoms with Crippen LogP contribution in [0.2, 0.25) is 0 Å². The monoisotopic (exact) mass is 340 g/mol. The standard InChI is InChI=1S/C17H25BrO2/c1-2-3-4-5-6-7-8-12-15(17(19)20)14-11-9-10-13-16(14)18/h9-11,13,15H,2-8,12H2,1H3,(H,19,20). The zero-order valence-electron chi connectivity index (χ0n) is 12.3. The second-order valence-electron chi connectivity index (χ2n) is 5.32. The summed E-state index contributed by atoms with van der Waals surface area (Å²) in [6, 6.07) is 7.64. The first-order valence-corrected chi connectivity index (χ1v) is 8.43. The quantitative estimate of drug-likeness (QED) is 0.550. The van der Waals surface area contributed by atoms with Crippen molar-refractivity contribution in [3.05, 3.63) is 34.3 Å². The fourth-order valence-electron chi connectivity index (χ4n) is 2.48. The smallest absolute Gasteiger partial charge is 0.311 e. The predicted octanol–water partition coefficient (Wildman–Crippen LogP) is 5.76. The number of carbonyl (C=O) groups is 1. The number of halogens is 1. The Hall–Kier alpha value is -0.830. The molecule has 1 rings (SSSR count). The fourth-order valence-corrected chi connectivity index (χ4v) is 3.04. The van der Waals surface area contributed by atoms with Crippen LogP contribution in [-0.2, 0) is 4.79 Å². The van der Waals surface area contributed by atoms with Crippen LogP contribution in [0, 0.1) is 0 Å². The Morgan fingerprint density at radius 1 is 1.10 bits per heavy atom. The molecule has 1 aromatic carbocycles. The van der Waals surface area contributed by atoms with Gasteiger partial charge >= 0.3 is 5.97 Å². The van der Waals surface area contributed by atoms with Crippen LogP contribution in [0.5, 0.6) is 0 Å². The SMILES string of the molecule is CCCCCCCCCC(C(=O)O)c1ccccc1Br. The normalized spacial score (nSPS) is 12.3. The van der Waals surface area contributed by atoms with E-state index in [1.54, 1.807) is 0 Å². The minimum atomic E-state index is -0.720. The average molecular weight is 341 g/mol. The summed E-state index contributed by atoms with van der Waals surface area (Å²) in [4.78, 5) is 11.4. The lowest BCUT2D eigenvalue weighted by Crippen LogP contribution is -2.12. The van der Waals surface area contributed by atoms with Crippen LogP contribution < -0.4 is 0 Å². The van der Waals surface area contributed by atoms with Crippen LogP contribution in [0.3, 0.4) is 0 Å². The van der Waals surface area contributed by atoms with Gasteiger partial charge in [0.05, 0.1) is 5.92 Å². The lowest BCUT2D eigenvalue weighted by atomic mass is 9.93. The van der Waals surface area contributed by atoms with Gasteiger partial charge in [0.1, 0.15) is 0 Å². The van der Waals surface area contributed by atoms with E-state index in [4.69, 9.17) is 0 Å². The first kappa shape index (κ1) is 17.2. The zero-order chi connectivity index (χ0) is 14.8. The number of carboxylic acid groups (broad SMARTS) is 1. The summed E-state index contributed by atoms with van der Waals surface area (Å²) >= 11 is 3.45. The van der Waals surface area contributed by atoms with Gasteiger partial charge < -0.3 is 5.11 Å². The number of hydrogen-bond acceptors (Lipinski definition) is 1. The van der Waals surface area contributed by atoms with Crippen molar-refractivity contribution < 1.29 is 9.90 Å². The summed E-state index contributed by atoms with van der Waals surface area (Å²) in [7, 11) is 0. The minimum absolute atomic E-state index is 0.388. The Morgan fingerprint density at radius 3 is 2.30 bits per heavy atom. The van der Waals surface area contributed by atoms with Gasteiger partial charge in [-0.15, -0.1) is 0 Å². The third-order valence-corrected chi connectivity index (χ3v) is 4.40. The van der Waals surface area contributed by atoms with Crippen molar-refractivity contribution in [3.8, 4) is 0 Å². The van der Waals surface area contributed by atoms with E-state index in [0.717, 1.165) is 29.3 Å². The second kappa shape index (κ2) is 9.98. The highest BCUT2D eigenvalue weighted by atomic mass is 79.9. The highest BCUT2D eigenvalue weighted by Gasteiger charge is 2.21. The Labute approximate surface area is 130 Å². The molecule has 0 heterocycles. The van der Waals surface area contributed by atoms with Crippen LogP contribution in [0.15, 0.2) is 28.7 Å². The van der Waals surface area contributed by atoms with Crippen LogP contribution in [0.1, 0.15) is 69.8 Å². The van der Waals surface area contributed by atoms with Crippen molar-refractivity contribution in [3.63, 3.8) is 0 Å². The summed E-state index contributed by atoms with van der Waals surface area (Å²) in [5.41, 5.74) is 0.894. The van der Waals surface area contributed by atoms with Gasteiger partial charge in [-0.3, -0.25) is 4.79 Å². The van der Waals surface area contributed by atoms with E-state index in [2.05, 4.69) is 22.9 Å². The Kier molecular flexibility index (Phi) is 8.59. The number of aliphatic carboxylic acids is 1. The molecule has 0 aliphatic rings. The van der Waals surface area contributed by atoms with Crippen molar-refractivity contribution in [1.29, 1.82) is 0 Å². The Bertz CT molecular complexity index is 404. The minimum Gasteiger partial charge on any atom is -0.481 e. The van der Waals surface area contributed by atoms with E-state index in [0.29, 0.717) is 0 Å². The molecule has 0 saturated heterocycles. The van der Waals surface area contributed by atoms with Gasteiger partial charge in [-0.25, -0.2) is 0 Å². The van der Waals surface area contributed by atoms with E-state index < -0.39 is 5.97 Å². The molecule has 0 aliphatic heterocycles. The molecule has 0 spiro atoms. The molecule has 0 aromatic heterocycles. The Morgan fingerprint density at radius 2 is 1.70 bits per heavy atom. The molecule has 3 heteroatoms. The first-order chi connectivity index (χ1) is 9.66. The Balaban J connectivity index is 2.38. The van der Waals surface area contributed by atoms with Gasteiger partial charge in [0.15, 0.2) is 0 Å². The van der Waals surface area contributed by atoms with E-state index in [1.165, 1.54) is 32.1 Å². The van der Waals surface area contributed by atoms with Crippen molar-refractivity contribution in [2.24, 2.45) is 0 Å². The summed E-state index contributed by atoms with van der Waals surface area (Å²) in [5.74, 6) is -1.11. The van der Waals surface area contributed by atoms with Crippen molar-refractivity contribution >= 4 is 21.9 Å². The van der Waals surface area contributed by atoms with Crippen LogP contribution >= 0.6 is 15.9 Å². The molecule has 0 aliphatic carbocycles. The van der Waals surface area contributed by atoms with Crippen molar-refractivity contribution in [2.75, 3.05) is 0 Å². The predicted molar refractivity (Wildman–Crippen MR) is 87.1 cm³/mol. The topological polar surface area (TPSA) is 37.3 Å². The van der Waals surface area contributed by atoms with Gasteiger partial charge in [-0.05, 0) is 18.1 Å². The molecule has 0 saturated carbocycles. The van der Waals surface area contributed by atoms with Gasteiger partial charge in [-0.2, -0.15) is 0 Å². The summed E-state index contributed by atoms with van der Waals surface area (Å²) in [5, 5.41) is 9.40. The number of rotatable bonds is 10. The first-order valence-electron chi connectivity index (χ1n) is 7.64. The van der Waals surface area contributed by atoms with E-state index in [9.17, 15) is 9.90 Å². The number of benzene rings is 1. The molecule has 20 heavy (non-hydrogen) atoms. The fraction of sp³-hybridized carbons (Fsp3) is 0.588. The lowest BCUT2D eigenvalue weighted by molar-refractivity contribution is -0.139. The second-order valence-corrected chi connectivity index (χ2v) is 6.18. The van der Waals surface area contributed by atoms with Gasteiger partial charge in [0, 0.05) is 4.47 Å². The maximum atomic E-state index is 11.4. The van der Waals surface area contributed by atoms with Crippen molar-refractivity contribution in [1.82, 2.24) is 0 Å². The molecule has 112 valence electrons. The maximum Gasteiger partial charge on any atom is 0.311 e. The highest BCUT2D eigenvalue weighted by Crippen LogP contribution is 2.29. The van der Waals surface area contributed by atoms with E-state index >= 15 is 0 Å². The molecule has 1 aromatic rings. The van der Waals surface area contributed by atoms with Crippen LogP contribution in [-0.4, -0.2) is 11.1 Å². The van der Waals surface area contributed by atoms with Crippen LogP contribution in [0.25, 0.3) is 0 Å². The third-order valence-electron chi connectivity index (χ3n) is 3.68. The van der Waals surface area contributed by atoms with E-state index in [-0.39, 0.29) is 5.92 Å². The lowest BCUT2D eigenvalue weighted by Gasteiger charge is -2.14. The summed E-state index contributed by atoms with van der Waals surface area (Å²) < 4.78 is 0.898. The molecule has 0 fully saturated rings. The van der Waals surface area contributed by atoms with Gasteiger partial charge in [0.2, 0.25) is 0 Å². The third kappa shape index (κ3) is 6.08. The molecule has 1 atom stereocenters. The number of hydrogen-bond donors (Lipinski definition) is 1. The summed E-state index contributed by atoms with van der Waals surface area (Å²) in [6.45, 7) is 2.22. The molecule has 2 nitrogen and oxygen atoms in total. The largest absolute Gasteiger partial charge is 0.481 e. The maximum absolute atomic E-state index is 11.4. The van der Waals surface area contributed by atoms with Gasteiger partial charge in [0.25, 0.3) is 0 Å². The molecule has 1 unspecified atom stereocenters. The van der Waals surface area contributed by atoms with E-state index in [1.807, 2.05) is 24.3 Å². The number of carboxylic acids is 1. The number of unbranched alkanes of at least 4 members (excludes halogenated alkanes) is 6.